The number of para-hydroxylation sites is 2. The lowest BCUT2D eigenvalue weighted by Gasteiger charge is -2.05. The molecule has 118 valence electrons. The van der Waals surface area contributed by atoms with Crippen molar-refractivity contribution in [1.82, 2.24) is 9.55 Å². The number of carbonyl (C=O) groups excluding carboxylic acids is 1. The Hall–Kier alpha value is -2.47. The third kappa shape index (κ3) is 3.17. The number of nitrogens with zero attached hydrogens (tertiary/aromatic N) is 2. The van der Waals surface area contributed by atoms with Crippen LogP contribution in [0.25, 0.3) is 11.0 Å². The summed E-state index contributed by atoms with van der Waals surface area (Å²) in [7, 11) is 1.33. The van der Waals surface area contributed by atoms with E-state index in [4.69, 9.17) is 4.42 Å². The summed E-state index contributed by atoms with van der Waals surface area (Å²) in [6.07, 6.45) is 1.85. The number of esters is 1. The Morgan fingerprint density at radius 2 is 2.22 bits per heavy atom. The fourth-order valence-corrected chi connectivity index (χ4v) is 3.19. The van der Waals surface area contributed by atoms with Crippen LogP contribution < -0.4 is 0 Å². The zero-order valence-corrected chi connectivity index (χ0v) is 13.5. The third-order valence-corrected chi connectivity index (χ3v) is 4.32. The number of hydrogen-bond acceptors (Lipinski definition) is 5. The minimum atomic E-state index is -0.472. The van der Waals surface area contributed by atoms with Crippen LogP contribution in [0.15, 0.2) is 58.6 Å². The second-order valence-electron chi connectivity index (χ2n) is 4.83. The van der Waals surface area contributed by atoms with Gasteiger partial charge in [0, 0.05) is 6.54 Å². The number of rotatable bonds is 6. The normalized spacial score (nSPS) is 10.8. The van der Waals surface area contributed by atoms with Gasteiger partial charge < -0.3 is 13.7 Å². The molecule has 0 unspecified atom stereocenters. The molecule has 0 amide bonds. The van der Waals surface area contributed by atoms with E-state index in [-0.39, 0.29) is 5.76 Å². The SMILES string of the molecule is C=CCn1c(SCc2ccc(C(=O)OC)o2)nc2ccccc21. The summed E-state index contributed by atoms with van der Waals surface area (Å²) in [5, 5.41) is 0.891. The van der Waals surface area contributed by atoms with Crippen LogP contribution in [-0.2, 0) is 17.0 Å². The molecule has 0 fully saturated rings. The van der Waals surface area contributed by atoms with Crippen LogP contribution in [0.2, 0.25) is 0 Å². The lowest BCUT2D eigenvalue weighted by atomic mass is 10.3. The third-order valence-electron chi connectivity index (χ3n) is 3.32. The first kappa shape index (κ1) is 15.4. The number of ether oxygens (including phenoxy) is 1. The van der Waals surface area contributed by atoms with Gasteiger partial charge in [-0.1, -0.05) is 30.0 Å². The summed E-state index contributed by atoms with van der Waals surface area (Å²) in [6.45, 7) is 4.50. The Labute approximate surface area is 138 Å². The maximum atomic E-state index is 11.4. The second-order valence-corrected chi connectivity index (χ2v) is 5.77. The van der Waals surface area contributed by atoms with Crippen molar-refractivity contribution in [2.24, 2.45) is 0 Å². The van der Waals surface area contributed by atoms with Crippen LogP contribution in [0.5, 0.6) is 0 Å². The van der Waals surface area contributed by atoms with Gasteiger partial charge in [-0.25, -0.2) is 9.78 Å². The summed E-state index contributed by atoms with van der Waals surface area (Å²) in [5.41, 5.74) is 2.02. The molecule has 2 aromatic heterocycles. The topological polar surface area (TPSA) is 57.3 Å². The van der Waals surface area contributed by atoms with Gasteiger partial charge in [0.25, 0.3) is 0 Å². The van der Waals surface area contributed by atoms with E-state index >= 15 is 0 Å². The predicted octanol–water partition coefficient (Wildman–Crippen LogP) is 3.89. The molecular weight excluding hydrogens is 312 g/mol. The number of allylic oxidation sites excluding steroid dienone is 1. The molecule has 0 aliphatic carbocycles. The van der Waals surface area contributed by atoms with Crippen molar-refractivity contribution in [3.63, 3.8) is 0 Å². The van der Waals surface area contributed by atoms with E-state index in [9.17, 15) is 4.79 Å². The molecule has 0 atom stereocenters. The second kappa shape index (κ2) is 6.75. The number of hydrogen-bond donors (Lipinski definition) is 0. The van der Waals surface area contributed by atoms with Crippen molar-refractivity contribution < 1.29 is 13.9 Å². The highest BCUT2D eigenvalue weighted by molar-refractivity contribution is 7.98. The van der Waals surface area contributed by atoms with Gasteiger partial charge in [0.15, 0.2) is 5.16 Å². The minimum Gasteiger partial charge on any atom is -0.463 e. The first-order valence-electron chi connectivity index (χ1n) is 7.09. The summed E-state index contributed by atoms with van der Waals surface area (Å²) in [4.78, 5) is 16.1. The minimum absolute atomic E-state index is 0.211. The van der Waals surface area contributed by atoms with Crippen LogP contribution in [-0.4, -0.2) is 22.6 Å². The van der Waals surface area contributed by atoms with Crippen LogP contribution in [0.3, 0.4) is 0 Å². The van der Waals surface area contributed by atoms with Crippen molar-refractivity contribution in [1.29, 1.82) is 0 Å². The molecule has 0 radical (unpaired) electrons. The molecule has 3 aromatic rings. The summed E-state index contributed by atoms with van der Waals surface area (Å²) >= 11 is 1.56. The van der Waals surface area contributed by atoms with E-state index in [0.29, 0.717) is 18.1 Å². The first-order valence-corrected chi connectivity index (χ1v) is 8.07. The van der Waals surface area contributed by atoms with Gasteiger partial charge in [-0.15, -0.1) is 6.58 Å². The molecule has 0 aliphatic heterocycles. The number of imidazole rings is 1. The van der Waals surface area contributed by atoms with Crippen molar-refractivity contribution in [2.75, 3.05) is 7.11 Å². The van der Waals surface area contributed by atoms with Gasteiger partial charge in [-0.2, -0.15) is 0 Å². The molecule has 0 N–H and O–H groups in total. The standard InChI is InChI=1S/C17H16N2O3S/c1-3-10-19-14-7-5-4-6-13(14)18-17(19)23-11-12-8-9-15(22-12)16(20)21-2/h3-9H,1,10-11H2,2H3. The molecule has 0 saturated carbocycles. The van der Waals surface area contributed by atoms with Gasteiger partial charge in [0.1, 0.15) is 5.76 Å². The number of thioether (sulfide) groups is 1. The Balaban J connectivity index is 1.81. The fraction of sp³-hybridized carbons (Fsp3) is 0.176. The van der Waals surface area contributed by atoms with Crippen molar-refractivity contribution in [2.45, 2.75) is 17.5 Å². The van der Waals surface area contributed by atoms with E-state index < -0.39 is 5.97 Å². The molecule has 0 spiro atoms. The van der Waals surface area contributed by atoms with E-state index in [0.717, 1.165) is 16.2 Å². The number of benzene rings is 1. The van der Waals surface area contributed by atoms with E-state index in [1.54, 1.807) is 23.9 Å². The Morgan fingerprint density at radius 3 is 3.00 bits per heavy atom. The van der Waals surface area contributed by atoms with E-state index in [1.807, 2.05) is 30.3 Å². The molecule has 1 aromatic carbocycles. The number of methoxy groups -OCH3 is 1. The van der Waals surface area contributed by atoms with E-state index in [2.05, 4.69) is 20.9 Å². The molecule has 0 bridgehead atoms. The molecule has 0 saturated heterocycles. The van der Waals surface area contributed by atoms with Gasteiger partial charge in [-0.05, 0) is 24.3 Å². The Morgan fingerprint density at radius 1 is 1.39 bits per heavy atom. The van der Waals surface area contributed by atoms with Gasteiger partial charge in [0.2, 0.25) is 5.76 Å². The summed E-state index contributed by atoms with van der Waals surface area (Å²) in [6, 6.07) is 11.4. The highest BCUT2D eigenvalue weighted by Gasteiger charge is 2.14. The zero-order valence-electron chi connectivity index (χ0n) is 12.7. The number of fused-ring (bicyclic) bond motifs is 1. The predicted molar refractivity (Wildman–Crippen MR) is 89.5 cm³/mol. The summed E-state index contributed by atoms with van der Waals surface area (Å²) in [5.74, 6) is 1.02. The lowest BCUT2D eigenvalue weighted by molar-refractivity contribution is 0.0563. The molecule has 2 heterocycles. The largest absolute Gasteiger partial charge is 0.463 e. The van der Waals surface area contributed by atoms with Crippen LogP contribution in [0.4, 0.5) is 0 Å². The van der Waals surface area contributed by atoms with Gasteiger partial charge in [-0.3, -0.25) is 0 Å². The highest BCUT2D eigenvalue weighted by atomic mass is 32.2. The Bertz CT molecular complexity index is 851. The van der Waals surface area contributed by atoms with Crippen molar-refractivity contribution in [3.8, 4) is 0 Å². The molecule has 0 aliphatic rings. The van der Waals surface area contributed by atoms with Gasteiger partial charge in [0.05, 0.1) is 23.9 Å². The Kier molecular flexibility index (Phi) is 4.52. The molecular formula is C17H16N2O3S. The average molecular weight is 328 g/mol. The zero-order chi connectivity index (χ0) is 16.2. The number of carbonyl (C=O) groups is 1. The number of furan rings is 1. The quantitative estimate of drug-likeness (QED) is 0.390. The fourth-order valence-electron chi connectivity index (χ4n) is 2.27. The molecule has 5 nitrogen and oxygen atoms in total. The summed E-state index contributed by atoms with van der Waals surface area (Å²) < 4.78 is 12.2. The van der Waals surface area contributed by atoms with Crippen LogP contribution in [0.1, 0.15) is 16.3 Å². The molecule has 6 heteroatoms. The maximum Gasteiger partial charge on any atom is 0.373 e. The van der Waals surface area contributed by atoms with Crippen molar-refractivity contribution >= 4 is 28.8 Å². The average Bonchev–Trinajstić information content (AvgIpc) is 3.18. The van der Waals surface area contributed by atoms with Crippen LogP contribution in [0, 0.1) is 0 Å². The number of aromatic nitrogens is 2. The smallest absolute Gasteiger partial charge is 0.373 e. The van der Waals surface area contributed by atoms with Crippen molar-refractivity contribution in [3.05, 3.63) is 60.6 Å². The highest BCUT2D eigenvalue weighted by Crippen LogP contribution is 2.27. The molecule has 23 heavy (non-hydrogen) atoms. The monoisotopic (exact) mass is 328 g/mol. The van der Waals surface area contributed by atoms with Gasteiger partial charge >= 0.3 is 5.97 Å². The maximum absolute atomic E-state index is 11.4. The lowest BCUT2D eigenvalue weighted by Crippen LogP contribution is -1.98. The van der Waals surface area contributed by atoms with E-state index in [1.165, 1.54) is 7.11 Å². The van der Waals surface area contributed by atoms with Crippen LogP contribution >= 0.6 is 11.8 Å². The molecule has 3 rings (SSSR count). The first-order chi connectivity index (χ1) is 11.2.